The van der Waals surface area contributed by atoms with Gasteiger partial charge in [0.1, 0.15) is 5.60 Å². The number of nitrogens with one attached hydrogen (secondary N) is 1. The summed E-state index contributed by atoms with van der Waals surface area (Å²) in [4.78, 5) is 3.45. The van der Waals surface area contributed by atoms with Crippen molar-refractivity contribution in [3.05, 3.63) is 35.5 Å². The van der Waals surface area contributed by atoms with Crippen molar-refractivity contribution in [1.82, 2.24) is 4.98 Å². The minimum atomic E-state index is -0.577. The molecule has 18 heavy (non-hydrogen) atoms. The predicted molar refractivity (Wildman–Crippen MR) is 71.6 cm³/mol. The Morgan fingerprint density at radius 2 is 2.22 bits per heavy atom. The third kappa shape index (κ3) is 1.44. The van der Waals surface area contributed by atoms with Gasteiger partial charge in [0.15, 0.2) is 0 Å². The van der Waals surface area contributed by atoms with E-state index in [1.54, 1.807) is 0 Å². The second-order valence-corrected chi connectivity index (χ2v) is 5.04. The van der Waals surface area contributed by atoms with Crippen LogP contribution in [0.15, 0.2) is 24.3 Å². The number of rotatable bonds is 2. The van der Waals surface area contributed by atoms with Crippen molar-refractivity contribution in [2.45, 2.75) is 38.4 Å². The molecule has 3 nitrogen and oxygen atoms in total. The second kappa shape index (κ2) is 4.11. The van der Waals surface area contributed by atoms with Crippen LogP contribution < -0.4 is 0 Å². The number of aliphatic hydroxyl groups excluding tert-OH is 1. The summed E-state index contributed by atoms with van der Waals surface area (Å²) in [7, 11) is 0. The number of H-pyrrole nitrogens is 1. The lowest BCUT2D eigenvalue weighted by Crippen LogP contribution is -2.44. The fourth-order valence-corrected chi connectivity index (χ4v) is 3.13. The molecule has 1 aromatic carbocycles. The first-order chi connectivity index (χ1) is 8.69. The maximum absolute atomic E-state index is 10.2. The van der Waals surface area contributed by atoms with E-state index in [1.807, 2.05) is 13.0 Å². The Morgan fingerprint density at radius 3 is 2.94 bits per heavy atom. The molecule has 0 fully saturated rings. The molecule has 0 radical (unpaired) electrons. The van der Waals surface area contributed by atoms with Gasteiger partial charge in [-0.05, 0) is 31.4 Å². The van der Waals surface area contributed by atoms with E-state index in [0.29, 0.717) is 6.61 Å². The van der Waals surface area contributed by atoms with Crippen molar-refractivity contribution in [3.8, 4) is 0 Å². The van der Waals surface area contributed by atoms with Crippen molar-refractivity contribution in [2.75, 3.05) is 6.61 Å². The first-order valence-electron chi connectivity index (χ1n) is 6.61. The highest BCUT2D eigenvalue weighted by Gasteiger charge is 2.42. The Hall–Kier alpha value is -1.32. The van der Waals surface area contributed by atoms with Crippen molar-refractivity contribution >= 4 is 10.9 Å². The third-order valence-electron chi connectivity index (χ3n) is 4.15. The van der Waals surface area contributed by atoms with E-state index in [4.69, 9.17) is 4.74 Å². The topological polar surface area (TPSA) is 45.2 Å². The highest BCUT2D eigenvalue weighted by Crippen LogP contribution is 2.41. The van der Waals surface area contributed by atoms with Crippen LogP contribution >= 0.6 is 0 Å². The molecule has 2 aromatic rings. The van der Waals surface area contributed by atoms with Gasteiger partial charge >= 0.3 is 0 Å². The number of fused-ring (bicyclic) bond motifs is 3. The first kappa shape index (κ1) is 11.8. The number of para-hydroxylation sites is 1. The average Bonchev–Trinajstić information content (AvgIpc) is 2.77. The van der Waals surface area contributed by atoms with Crippen LogP contribution in [0.25, 0.3) is 10.9 Å². The molecule has 3 rings (SSSR count). The molecule has 0 saturated heterocycles. The average molecular weight is 245 g/mol. The predicted octanol–water partition coefficient (Wildman–Crippen LogP) is 2.73. The van der Waals surface area contributed by atoms with Crippen LogP contribution in [-0.4, -0.2) is 22.8 Å². The van der Waals surface area contributed by atoms with Crippen molar-refractivity contribution in [1.29, 1.82) is 0 Å². The molecule has 1 aliphatic heterocycles. The molecule has 2 unspecified atom stereocenters. The molecule has 2 heterocycles. The first-order valence-corrected chi connectivity index (χ1v) is 6.61. The Bertz CT molecular complexity index is 573. The van der Waals surface area contributed by atoms with Crippen molar-refractivity contribution in [2.24, 2.45) is 0 Å². The minimum Gasteiger partial charge on any atom is -0.390 e. The summed E-state index contributed by atoms with van der Waals surface area (Å²) in [5, 5.41) is 11.4. The van der Waals surface area contributed by atoms with E-state index in [-0.39, 0.29) is 0 Å². The standard InChI is InChI=1S/C15H19NO2/c1-3-15(10(2)17)14-12(8-9-18-15)11-6-4-5-7-13(11)16-14/h4-7,10,16-17H,3,8-9H2,1-2H3. The monoisotopic (exact) mass is 245 g/mol. The van der Waals surface area contributed by atoms with Gasteiger partial charge in [0.2, 0.25) is 0 Å². The van der Waals surface area contributed by atoms with Gasteiger partial charge in [-0.25, -0.2) is 0 Å². The van der Waals surface area contributed by atoms with Crippen LogP contribution in [0.3, 0.4) is 0 Å². The maximum atomic E-state index is 10.2. The highest BCUT2D eigenvalue weighted by molar-refractivity contribution is 5.85. The summed E-state index contributed by atoms with van der Waals surface area (Å²) >= 11 is 0. The van der Waals surface area contributed by atoms with E-state index in [1.165, 1.54) is 10.9 Å². The fraction of sp³-hybridized carbons (Fsp3) is 0.467. The van der Waals surface area contributed by atoms with Crippen LogP contribution in [0, 0.1) is 0 Å². The number of ether oxygens (including phenoxy) is 1. The maximum Gasteiger partial charge on any atom is 0.133 e. The zero-order valence-electron chi connectivity index (χ0n) is 10.9. The number of benzene rings is 1. The molecule has 96 valence electrons. The fourth-order valence-electron chi connectivity index (χ4n) is 3.13. The van der Waals surface area contributed by atoms with Gasteiger partial charge in [-0.2, -0.15) is 0 Å². The Kier molecular flexibility index (Phi) is 2.68. The van der Waals surface area contributed by atoms with Crippen LogP contribution in [0.2, 0.25) is 0 Å². The second-order valence-electron chi connectivity index (χ2n) is 5.04. The van der Waals surface area contributed by atoms with E-state index in [0.717, 1.165) is 24.1 Å². The van der Waals surface area contributed by atoms with E-state index in [2.05, 4.69) is 30.1 Å². The summed E-state index contributed by atoms with van der Waals surface area (Å²) in [6, 6.07) is 8.30. The number of hydrogen-bond acceptors (Lipinski definition) is 2. The van der Waals surface area contributed by atoms with Gasteiger partial charge < -0.3 is 14.8 Å². The molecule has 0 amide bonds. The van der Waals surface area contributed by atoms with E-state index >= 15 is 0 Å². The molecule has 0 saturated carbocycles. The SMILES string of the molecule is CCC1(C(C)O)OCCc2c1[nH]c1ccccc21. The number of aromatic nitrogens is 1. The molecule has 0 bridgehead atoms. The summed E-state index contributed by atoms with van der Waals surface area (Å²) < 4.78 is 5.95. The Morgan fingerprint density at radius 1 is 1.44 bits per heavy atom. The molecular formula is C15H19NO2. The smallest absolute Gasteiger partial charge is 0.133 e. The lowest BCUT2D eigenvalue weighted by Gasteiger charge is -2.39. The van der Waals surface area contributed by atoms with Gasteiger partial charge in [-0.15, -0.1) is 0 Å². The Labute approximate surface area is 107 Å². The van der Waals surface area contributed by atoms with E-state index < -0.39 is 11.7 Å². The highest BCUT2D eigenvalue weighted by atomic mass is 16.5. The quantitative estimate of drug-likeness (QED) is 0.854. The van der Waals surface area contributed by atoms with Gasteiger partial charge in [-0.3, -0.25) is 0 Å². The number of hydrogen-bond donors (Lipinski definition) is 2. The van der Waals surface area contributed by atoms with Gasteiger partial charge in [0.25, 0.3) is 0 Å². The van der Waals surface area contributed by atoms with Gasteiger partial charge in [0.05, 0.1) is 18.4 Å². The summed E-state index contributed by atoms with van der Waals surface area (Å²) in [5.74, 6) is 0. The minimum absolute atomic E-state index is 0.519. The van der Waals surface area contributed by atoms with Crippen LogP contribution in [0.1, 0.15) is 31.5 Å². The van der Waals surface area contributed by atoms with Crippen LogP contribution in [0.4, 0.5) is 0 Å². The van der Waals surface area contributed by atoms with Crippen molar-refractivity contribution in [3.63, 3.8) is 0 Å². The van der Waals surface area contributed by atoms with Crippen LogP contribution in [0.5, 0.6) is 0 Å². The zero-order chi connectivity index (χ0) is 12.8. The zero-order valence-corrected chi connectivity index (χ0v) is 10.9. The number of aromatic amines is 1. The molecular weight excluding hydrogens is 226 g/mol. The summed E-state index contributed by atoms with van der Waals surface area (Å²) in [6.45, 7) is 4.55. The molecule has 0 aliphatic carbocycles. The van der Waals surface area contributed by atoms with Crippen LogP contribution in [-0.2, 0) is 16.8 Å². The largest absolute Gasteiger partial charge is 0.390 e. The molecule has 2 atom stereocenters. The van der Waals surface area contributed by atoms with Gasteiger partial charge in [0, 0.05) is 10.9 Å². The molecule has 3 heteroatoms. The van der Waals surface area contributed by atoms with Crippen molar-refractivity contribution < 1.29 is 9.84 Å². The normalized spacial score (nSPS) is 25.1. The molecule has 2 N–H and O–H groups in total. The summed E-state index contributed by atoms with van der Waals surface area (Å²) in [5.41, 5.74) is 2.92. The molecule has 1 aromatic heterocycles. The lowest BCUT2D eigenvalue weighted by atomic mass is 9.85. The Balaban J connectivity index is 2.27. The van der Waals surface area contributed by atoms with Gasteiger partial charge in [-0.1, -0.05) is 25.1 Å². The lowest BCUT2D eigenvalue weighted by molar-refractivity contribution is -0.135. The third-order valence-corrected chi connectivity index (χ3v) is 4.15. The number of aliphatic hydroxyl groups is 1. The summed E-state index contributed by atoms with van der Waals surface area (Å²) in [6.07, 6.45) is 1.16. The molecule has 0 spiro atoms. The molecule has 1 aliphatic rings. The van der Waals surface area contributed by atoms with E-state index in [9.17, 15) is 5.11 Å².